The number of nitrogens with zero attached hydrogens (tertiary/aromatic N) is 5. The molecule has 2 saturated heterocycles. The van der Waals surface area contributed by atoms with Gasteiger partial charge in [-0.15, -0.1) is 0 Å². The normalized spacial score (nSPS) is 20.4. The molecule has 2 fully saturated rings. The van der Waals surface area contributed by atoms with E-state index in [9.17, 15) is 18.3 Å². The fourth-order valence-electron chi connectivity index (χ4n) is 5.20. The number of aromatic nitrogens is 1. The van der Waals surface area contributed by atoms with Crippen LogP contribution in [0.4, 0.5) is 4.79 Å². The minimum Gasteiger partial charge on any atom is -0.390 e. The number of β-amino-alcohol motifs (C(OH)–C–C–N with tert-alkyl or cyclic N) is 1. The average molecular weight is 500 g/mol. The lowest BCUT2D eigenvalue weighted by atomic mass is 10.00. The average Bonchev–Trinajstić information content (AvgIpc) is 3.52. The molecule has 0 saturated carbocycles. The molecule has 35 heavy (non-hydrogen) atoms. The number of urea groups is 1. The third-order valence-corrected chi connectivity index (χ3v) is 9.03. The van der Waals surface area contributed by atoms with Crippen molar-refractivity contribution in [3.05, 3.63) is 59.4 Å². The number of aliphatic hydroxyl groups excluding tert-OH is 1. The maximum Gasteiger partial charge on any atom is 0.320 e. The molecule has 1 aromatic heterocycles. The lowest BCUT2D eigenvalue weighted by Crippen LogP contribution is -2.43. The summed E-state index contributed by atoms with van der Waals surface area (Å²) in [6, 6.07) is 11.5. The van der Waals surface area contributed by atoms with Gasteiger partial charge in [-0.3, -0.25) is 9.88 Å². The highest BCUT2D eigenvalue weighted by Gasteiger charge is 2.31. The molecule has 4 heterocycles. The van der Waals surface area contributed by atoms with E-state index < -0.39 is 16.1 Å². The molecule has 1 N–H and O–H groups in total. The highest BCUT2D eigenvalue weighted by atomic mass is 32.2. The van der Waals surface area contributed by atoms with Crippen LogP contribution in [0.3, 0.4) is 0 Å². The van der Waals surface area contributed by atoms with Crippen molar-refractivity contribution in [2.45, 2.75) is 43.4 Å². The van der Waals surface area contributed by atoms with E-state index in [1.807, 2.05) is 6.07 Å². The molecule has 2 aromatic rings. The number of hydrogen-bond donors (Lipinski definition) is 1. The molecule has 0 spiro atoms. The van der Waals surface area contributed by atoms with Gasteiger partial charge >= 0.3 is 6.03 Å². The van der Waals surface area contributed by atoms with Gasteiger partial charge in [0.05, 0.1) is 18.3 Å². The number of rotatable bonds is 8. The van der Waals surface area contributed by atoms with Gasteiger partial charge in [-0.05, 0) is 42.5 Å². The molecule has 10 heteroatoms. The largest absolute Gasteiger partial charge is 0.390 e. The molecule has 0 unspecified atom stereocenters. The van der Waals surface area contributed by atoms with Crippen LogP contribution in [0.25, 0.3) is 0 Å². The molecule has 5 rings (SSSR count). The van der Waals surface area contributed by atoms with Crippen LogP contribution in [-0.4, -0.2) is 95.5 Å². The minimum absolute atomic E-state index is 0.122. The second-order valence-electron chi connectivity index (χ2n) is 9.65. The molecule has 0 radical (unpaired) electrons. The van der Waals surface area contributed by atoms with Crippen molar-refractivity contribution < 1.29 is 18.3 Å². The fourth-order valence-corrected chi connectivity index (χ4v) is 6.66. The zero-order valence-corrected chi connectivity index (χ0v) is 20.7. The first-order valence-electron chi connectivity index (χ1n) is 12.4. The Morgan fingerprint density at radius 3 is 2.40 bits per heavy atom. The monoisotopic (exact) mass is 499 g/mol. The van der Waals surface area contributed by atoms with Gasteiger partial charge in [-0.2, -0.15) is 4.31 Å². The first kappa shape index (κ1) is 24.2. The van der Waals surface area contributed by atoms with Crippen molar-refractivity contribution in [2.75, 3.05) is 45.8 Å². The summed E-state index contributed by atoms with van der Waals surface area (Å²) in [4.78, 5) is 23.0. The Labute approximate surface area is 207 Å². The minimum atomic E-state index is -3.49. The Kier molecular flexibility index (Phi) is 7.06. The van der Waals surface area contributed by atoms with Crippen molar-refractivity contribution in [3.8, 4) is 0 Å². The highest BCUT2D eigenvalue weighted by Crippen LogP contribution is 2.22. The number of fused-ring (bicyclic) bond motifs is 1. The molecule has 0 bridgehead atoms. The molecule has 1 aromatic carbocycles. The Morgan fingerprint density at radius 1 is 0.914 bits per heavy atom. The van der Waals surface area contributed by atoms with Crippen LogP contribution in [0.1, 0.15) is 29.7 Å². The van der Waals surface area contributed by atoms with Gasteiger partial charge in [0.2, 0.25) is 10.0 Å². The summed E-state index contributed by atoms with van der Waals surface area (Å²) in [7, 11) is -3.49. The summed E-state index contributed by atoms with van der Waals surface area (Å²) in [5.41, 5.74) is 3.33. The first-order chi connectivity index (χ1) is 16.9. The maximum absolute atomic E-state index is 12.9. The van der Waals surface area contributed by atoms with Crippen molar-refractivity contribution in [1.82, 2.24) is 24.0 Å². The quantitative estimate of drug-likeness (QED) is 0.592. The summed E-state index contributed by atoms with van der Waals surface area (Å²) in [5.74, 6) is 0. The van der Waals surface area contributed by atoms with E-state index in [0.717, 1.165) is 32.4 Å². The number of amides is 2. The molecule has 9 nitrogen and oxygen atoms in total. The molecule has 188 valence electrons. The summed E-state index contributed by atoms with van der Waals surface area (Å²) in [5, 5.41) is 10.7. The van der Waals surface area contributed by atoms with E-state index in [4.69, 9.17) is 0 Å². The van der Waals surface area contributed by atoms with Crippen LogP contribution in [0.5, 0.6) is 0 Å². The van der Waals surface area contributed by atoms with Gasteiger partial charge in [0.25, 0.3) is 0 Å². The molecule has 3 aliphatic rings. The Balaban J connectivity index is 1.12. The van der Waals surface area contributed by atoms with Crippen LogP contribution >= 0.6 is 0 Å². The van der Waals surface area contributed by atoms with E-state index in [2.05, 4.69) is 28.1 Å². The van der Waals surface area contributed by atoms with Crippen molar-refractivity contribution >= 4 is 16.1 Å². The topological polar surface area (TPSA) is 97.3 Å². The van der Waals surface area contributed by atoms with E-state index in [0.29, 0.717) is 51.5 Å². The van der Waals surface area contributed by atoms with Gasteiger partial charge in [0, 0.05) is 58.6 Å². The number of carbonyl (C=O) groups excluding carboxylic acids is 1. The standard InChI is InChI=1S/C25H33N5O4S/c31-23(18-27-12-9-20-5-1-2-6-21(20)16-27)19-29-14-13-28(25(29)32)17-22-7-8-24(15-26-22)35(33,34)30-10-3-4-11-30/h1-2,5-8,15,23,31H,3-4,9-14,16-19H2/t23-/m1/s1. The molecule has 2 amide bonds. The predicted octanol–water partition coefficient (Wildman–Crippen LogP) is 1.52. The van der Waals surface area contributed by atoms with Crippen molar-refractivity contribution in [2.24, 2.45) is 0 Å². The Morgan fingerprint density at radius 2 is 1.66 bits per heavy atom. The van der Waals surface area contributed by atoms with Crippen LogP contribution in [0.2, 0.25) is 0 Å². The van der Waals surface area contributed by atoms with E-state index in [-0.39, 0.29) is 10.9 Å². The number of pyridine rings is 1. The van der Waals surface area contributed by atoms with Gasteiger partial charge in [-0.25, -0.2) is 13.2 Å². The summed E-state index contributed by atoms with van der Waals surface area (Å²) in [6.45, 7) is 5.10. The Bertz CT molecular complexity index is 1150. The summed E-state index contributed by atoms with van der Waals surface area (Å²) < 4.78 is 26.9. The first-order valence-corrected chi connectivity index (χ1v) is 13.8. The summed E-state index contributed by atoms with van der Waals surface area (Å²) >= 11 is 0. The third kappa shape index (κ3) is 5.35. The SMILES string of the molecule is O=C1N(Cc2ccc(S(=O)(=O)N3CCCC3)cn2)CCN1C[C@H](O)CN1CCc2ccccc2C1. The van der Waals surface area contributed by atoms with Crippen LogP contribution in [0, 0.1) is 0 Å². The van der Waals surface area contributed by atoms with Gasteiger partial charge in [0.15, 0.2) is 0 Å². The summed E-state index contributed by atoms with van der Waals surface area (Å²) in [6.07, 6.45) is 3.53. The van der Waals surface area contributed by atoms with Gasteiger partial charge in [-0.1, -0.05) is 24.3 Å². The van der Waals surface area contributed by atoms with Crippen molar-refractivity contribution in [3.63, 3.8) is 0 Å². The molecule has 0 aliphatic carbocycles. The van der Waals surface area contributed by atoms with Crippen LogP contribution in [-0.2, 0) is 29.5 Å². The van der Waals surface area contributed by atoms with E-state index in [1.54, 1.807) is 21.9 Å². The zero-order valence-electron chi connectivity index (χ0n) is 19.9. The number of aliphatic hydroxyl groups is 1. The van der Waals surface area contributed by atoms with Crippen LogP contribution in [0.15, 0.2) is 47.5 Å². The fraction of sp³-hybridized carbons (Fsp3) is 0.520. The molecule has 3 aliphatic heterocycles. The highest BCUT2D eigenvalue weighted by molar-refractivity contribution is 7.89. The number of hydrogen-bond acceptors (Lipinski definition) is 6. The maximum atomic E-state index is 12.9. The number of carbonyl (C=O) groups is 1. The lowest BCUT2D eigenvalue weighted by Gasteiger charge is -2.31. The zero-order chi connectivity index (χ0) is 24.4. The number of benzene rings is 1. The molecular formula is C25H33N5O4S. The van der Waals surface area contributed by atoms with E-state index in [1.165, 1.54) is 21.6 Å². The predicted molar refractivity (Wildman–Crippen MR) is 131 cm³/mol. The number of sulfonamides is 1. The van der Waals surface area contributed by atoms with Crippen molar-refractivity contribution in [1.29, 1.82) is 0 Å². The van der Waals surface area contributed by atoms with E-state index >= 15 is 0 Å². The smallest absolute Gasteiger partial charge is 0.320 e. The second kappa shape index (κ2) is 10.2. The Hall–Kier alpha value is -2.53. The van der Waals surface area contributed by atoms with Gasteiger partial charge in [0.1, 0.15) is 4.90 Å². The van der Waals surface area contributed by atoms with Crippen LogP contribution < -0.4 is 0 Å². The third-order valence-electron chi connectivity index (χ3n) is 7.14. The second-order valence-corrected chi connectivity index (χ2v) is 11.6. The lowest BCUT2D eigenvalue weighted by molar-refractivity contribution is 0.0812. The molecule has 1 atom stereocenters. The van der Waals surface area contributed by atoms with Gasteiger partial charge < -0.3 is 14.9 Å². The molecular weight excluding hydrogens is 466 g/mol.